The molecule has 4 amide bonds. The van der Waals surface area contributed by atoms with E-state index in [9.17, 15) is 46.7 Å². The Balaban J connectivity index is 0.000000163. The van der Waals surface area contributed by atoms with Gasteiger partial charge in [0.25, 0.3) is 10.1 Å². The van der Waals surface area contributed by atoms with E-state index >= 15 is 0 Å². The summed E-state index contributed by atoms with van der Waals surface area (Å²) in [7, 11) is -0.889. The van der Waals surface area contributed by atoms with Crippen molar-refractivity contribution in [3.63, 3.8) is 0 Å². The van der Waals surface area contributed by atoms with E-state index in [1.807, 2.05) is 77.9 Å². The number of anilines is 4. The zero-order chi connectivity index (χ0) is 79.3. The highest BCUT2D eigenvalue weighted by atomic mass is 32.2. The summed E-state index contributed by atoms with van der Waals surface area (Å²) in [6.45, 7) is 23.6. The first kappa shape index (κ1) is 87.5. The lowest BCUT2D eigenvalue weighted by Crippen LogP contribution is -2.36. The third kappa shape index (κ3) is 28.6. The molecule has 8 heterocycles. The third-order valence-corrected chi connectivity index (χ3v) is 24.0. The molecular weight excluding hydrogens is 1420 g/mol. The number of hydrogen-bond donors (Lipinski definition) is 2. The molecule has 2 N–H and O–H groups in total. The Morgan fingerprint density at radius 3 is 1.17 bits per heavy atom. The number of carbonyl (C=O) groups is 6. The summed E-state index contributed by atoms with van der Waals surface area (Å²) in [5, 5.41) is 13.2. The van der Waals surface area contributed by atoms with E-state index in [0.717, 1.165) is 222 Å². The normalized spacial score (nSPS) is 20.8. The van der Waals surface area contributed by atoms with Crippen molar-refractivity contribution in [2.45, 2.75) is 205 Å². The van der Waals surface area contributed by atoms with Crippen LogP contribution >= 0.6 is 0 Å². The molecule has 8 saturated heterocycles. The number of rotatable bonds is 26. The minimum absolute atomic E-state index is 0.0370. The second-order valence-electron chi connectivity index (χ2n) is 32.8. The summed E-state index contributed by atoms with van der Waals surface area (Å²) in [6.07, 6.45) is 21.1. The third-order valence-electron chi connectivity index (χ3n) is 22.6. The lowest BCUT2D eigenvalue weighted by Gasteiger charge is -2.29. The van der Waals surface area contributed by atoms with Gasteiger partial charge in [-0.2, -0.15) is 8.42 Å². The monoisotopic (exact) mass is 1550 g/mol. The maximum absolute atomic E-state index is 13.9. The molecule has 608 valence electrons. The summed E-state index contributed by atoms with van der Waals surface area (Å²) in [4.78, 5) is 86.4. The minimum Gasteiger partial charge on any atom is -0.469 e. The van der Waals surface area contributed by atoms with Gasteiger partial charge >= 0.3 is 11.9 Å². The predicted octanol–water partition coefficient (Wildman–Crippen LogP) is 13.7. The molecule has 8 aliphatic rings. The van der Waals surface area contributed by atoms with Crippen LogP contribution in [0.25, 0.3) is 0 Å². The molecule has 5 aromatic rings. The molecule has 8 aliphatic heterocycles. The standard InChI is InChI=1S/C21H31FN2O.C21H32N2O2.C20H28N2O3.C20H23NO4S.C7H13NO2/c1-21(2,22)15-17-10-13-23(16-17)14-11-18-7-3-4-8-19(18)24-12-6-5-9-20(24)25;1-21(2,25)15-17-10-13-22(16-17)14-11-18-7-3-4-8-19(18)23-12-6-5-9-20(23)24;1-25-20(24)14-16-9-12-21(15-16)13-10-17-6-2-3-7-18(17)22-11-5-4-8-19(22)23;1-16-9-11-18(12-10-16)26(23,24)25-15-13-17-6-2-3-7-19(17)21-14-5-4-8-20(21)22;1-10-7(9)4-6-2-3-8-5-6/h3-4,7-8,17H,5-6,9-16H2,1-2H3;3-4,7-8,17,25H,5-6,9-16H2,1-2H3;2-3,6-7,16H,4-5,8-15H2,1H3;2-3,6-7,9-12H,4-5,8,13-15H2,1H3;6,8H,2-5H2,1H3. The van der Waals surface area contributed by atoms with Crippen molar-refractivity contribution in [3.05, 3.63) is 149 Å². The average molecular weight is 1550 g/mol. The number of methoxy groups -OCH3 is 2. The fourth-order valence-electron chi connectivity index (χ4n) is 16.8. The number of esters is 2. The quantitative estimate of drug-likeness (QED) is 0.0388. The van der Waals surface area contributed by atoms with Crippen LogP contribution in [0.4, 0.5) is 27.1 Å². The Labute approximate surface area is 661 Å². The van der Waals surface area contributed by atoms with Gasteiger partial charge in [-0.25, -0.2) is 4.39 Å². The number of ether oxygens (including phenoxy) is 2. The fourth-order valence-corrected chi connectivity index (χ4v) is 17.7. The molecule has 0 aliphatic carbocycles. The average Bonchev–Trinajstić information content (AvgIpc) is 1.11. The number of nitrogens with zero attached hydrogens (tertiary/aromatic N) is 7. The van der Waals surface area contributed by atoms with Crippen LogP contribution < -0.4 is 24.9 Å². The number of para-hydroxylation sites is 4. The van der Waals surface area contributed by atoms with Crippen molar-refractivity contribution in [3.8, 4) is 0 Å². The van der Waals surface area contributed by atoms with Gasteiger partial charge in [0, 0.05) is 127 Å². The van der Waals surface area contributed by atoms with Crippen molar-refractivity contribution in [1.29, 1.82) is 0 Å². The lowest BCUT2D eigenvalue weighted by atomic mass is 9.93. The fraction of sp³-hybridized carbons (Fsp3) is 0.596. The van der Waals surface area contributed by atoms with Gasteiger partial charge in [-0.05, 0) is 265 Å². The first-order valence-electron chi connectivity index (χ1n) is 41.2. The molecule has 8 fully saturated rings. The molecule has 20 nitrogen and oxygen atoms in total. The number of alkyl halides is 1. The van der Waals surface area contributed by atoms with Gasteiger partial charge in [0.15, 0.2) is 0 Å². The van der Waals surface area contributed by atoms with E-state index in [2.05, 4.69) is 79.4 Å². The highest BCUT2D eigenvalue weighted by molar-refractivity contribution is 7.86. The largest absolute Gasteiger partial charge is 0.469 e. The SMILES string of the molecule is CC(C)(F)CC1CCN(CCc2ccccc2N2CCCCC2=O)C1.CC(C)(O)CC1CCN(CCc2ccccc2N2CCCCC2=O)C1.COC(=O)CC1CCN(CCc2ccccc2N2CCCCC2=O)C1.COC(=O)CC1CCNC1.Cc1ccc(S(=O)(=O)OCCc2ccccc2N2CCCCC2=O)cc1. The second-order valence-corrected chi connectivity index (χ2v) is 34.5. The molecule has 4 unspecified atom stereocenters. The van der Waals surface area contributed by atoms with Crippen LogP contribution in [0.3, 0.4) is 0 Å². The van der Waals surface area contributed by atoms with Crippen molar-refractivity contribution in [1.82, 2.24) is 20.0 Å². The van der Waals surface area contributed by atoms with Crippen LogP contribution in [0.1, 0.15) is 184 Å². The van der Waals surface area contributed by atoms with Gasteiger partial charge in [-0.3, -0.25) is 33.0 Å². The van der Waals surface area contributed by atoms with E-state index in [4.69, 9.17) is 8.92 Å². The lowest BCUT2D eigenvalue weighted by molar-refractivity contribution is -0.142. The zero-order valence-electron chi connectivity index (χ0n) is 67.5. The number of hydrogen-bond acceptors (Lipinski definition) is 16. The Kier molecular flexibility index (Phi) is 34.5. The van der Waals surface area contributed by atoms with Crippen LogP contribution in [0, 0.1) is 30.6 Å². The van der Waals surface area contributed by atoms with Crippen molar-refractivity contribution >= 4 is 68.4 Å². The summed E-state index contributed by atoms with van der Waals surface area (Å²) in [6, 6.07) is 39.2. The molecule has 5 aromatic carbocycles. The van der Waals surface area contributed by atoms with Crippen LogP contribution in [-0.4, -0.2) is 194 Å². The topological polar surface area (TPSA) is 219 Å². The highest BCUT2D eigenvalue weighted by Gasteiger charge is 2.33. The molecule has 22 heteroatoms. The number of aryl methyl sites for hydroxylation is 1. The number of piperidine rings is 4. The predicted molar refractivity (Wildman–Crippen MR) is 438 cm³/mol. The molecule has 13 rings (SSSR count). The van der Waals surface area contributed by atoms with E-state index in [0.29, 0.717) is 81.6 Å². The Bertz CT molecular complexity index is 3790. The number of benzene rings is 5. The van der Waals surface area contributed by atoms with E-state index in [1.165, 1.54) is 37.3 Å². The van der Waals surface area contributed by atoms with Gasteiger partial charge in [-0.1, -0.05) is 90.5 Å². The van der Waals surface area contributed by atoms with Gasteiger partial charge in [0.1, 0.15) is 5.67 Å². The highest BCUT2D eigenvalue weighted by Crippen LogP contribution is 2.34. The van der Waals surface area contributed by atoms with Crippen LogP contribution in [0.5, 0.6) is 0 Å². The second kappa shape index (κ2) is 43.7. The van der Waals surface area contributed by atoms with E-state index in [1.54, 1.807) is 43.0 Å². The molecule has 0 bridgehead atoms. The minimum atomic E-state index is -3.78. The number of likely N-dealkylation sites (tertiary alicyclic amines) is 3. The number of aliphatic hydroxyl groups is 1. The van der Waals surface area contributed by atoms with Crippen molar-refractivity contribution in [2.24, 2.45) is 23.7 Å². The van der Waals surface area contributed by atoms with E-state index in [-0.39, 0.29) is 47.1 Å². The number of halogens is 1. The Morgan fingerprint density at radius 1 is 0.468 bits per heavy atom. The van der Waals surface area contributed by atoms with Gasteiger partial charge in [0.05, 0.1) is 31.3 Å². The van der Waals surface area contributed by atoms with Crippen molar-refractivity contribution < 1.29 is 60.3 Å². The van der Waals surface area contributed by atoms with Gasteiger partial charge < -0.3 is 54.2 Å². The zero-order valence-corrected chi connectivity index (χ0v) is 68.3. The maximum Gasteiger partial charge on any atom is 0.305 e. The number of amides is 4. The summed E-state index contributed by atoms with van der Waals surface area (Å²) in [5.41, 5.74) is 8.19. The molecule has 0 spiro atoms. The summed E-state index contributed by atoms with van der Waals surface area (Å²) >= 11 is 0. The maximum atomic E-state index is 13.9. The molecule has 0 saturated carbocycles. The molecule has 4 atom stereocenters. The first-order chi connectivity index (χ1) is 53.3. The number of nitrogens with one attached hydrogen (secondary N) is 1. The van der Waals surface area contributed by atoms with Crippen LogP contribution in [0.2, 0.25) is 0 Å². The molecule has 0 radical (unpaired) electrons. The smallest absolute Gasteiger partial charge is 0.305 e. The van der Waals surface area contributed by atoms with Crippen molar-refractivity contribution in [2.75, 3.05) is 139 Å². The molecule has 0 aromatic heterocycles. The van der Waals surface area contributed by atoms with Crippen LogP contribution in [-0.2, 0) is 78.2 Å². The first-order valence-corrected chi connectivity index (χ1v) is 42.6. The summed E-state index contributed by atoms with van der Waals surface area (Å²) < 4.78 is 52.9. The van der Waals surface area contributed by atoms with E-state index < -0.39 is 21.4 Å². The number of carbonyl (C=O) groups excluding carboxylic acids is 6. The molecular formula is C89H127FN8O12S. The molecule has 111 heavy (non-hydrogen) atoms. The Morgan fingerprint density at radius 2 is 0.820 bits per heavy atom. The summed E-state index contributed by atoms with van der Waals surface area (Å²) in [5.74, 6) is 2.68. The van der Waals surface area contributed by atoms with Gasteiger partial charge in [-0.15, -0.1) is 0 Å². The Hall–Kier alpha value is -7.44. The van der Waals surface area contributed by atoms with Gasteiger partial charge in [0.2, 0.25) is 23.6 Å². The van der Waals surface area contributed by atoms with Crippen LogP contribution in [0.15, 0.2) is 126 Å².